The molecule has 0 saturated heterocycles. The Labute approximate surface area is 169 Å². The number of nitrogens with one attached hydrogen (secondary N) is 2. The minimum absolute atomic E-state index is 0.664. The molecule has 0 bridgehead atoms. The first-order valence-corrected chi connectivity index (χ1v) is 10.5. The highest BCUT2D eigenvalue weighted by Gasteiger charge is 2.23. The van der Waals surface area contributed by atoms with Crippen molar-refractivity contribution in [3.8, 4) is 5.69 Å². The van der Waals surface area contributed by atoms with Gasteiger partial charge in [-0.1, -0.05) is 18.2 Å². The largest absolute Gasteiger partial charge is 0.351 e. The summed E-state index contributed by atoms with van der Waals surface area (Å²) in [4.78, 5) is 10.2. The third-order valence-electron chi connectivity index (χ3n) is 5.14. The molecule has 0 radical (unpaired) electrons. The van der Waals surface area contributed by atoms with Crippen molar-refractivity contribution in [1.29, 1.82) is 0 Å². The lowest BCUT2D eigenvalue weighted by molar-refractivity contribution is 0.731. The van der Waals surface area contributed by atoms with Crippen LogP contribution in [0.25, 0.3) is 5.69 Å². The molecule has 2 aromatic heterocycles. The van der Waals surface area contributed by atoms with E-state index < -0.39 is 0 Å². The summed E-state index contributed by atoms with van der Waals surface area (Å²) in [6, 6.07) is 10.4. The molecule has 0 aliphatic heterocycles. The molecule has 7 heteroatoms. The van der Waals surface area contributed by atoms with E-state index in [4.69, 9.17) is 5.10 Å². The molecule has 0 amide bonds. The van der Waals surface area contributed by atoms with Crippen molar-refractivity contribution in [3.05, 3.63) is 62.9 Å². The van der Waals surface area contributed by atoms with Crippen LogP contribution >= 0.6 is 11.3 Å². The van der Waals surface area contributed by atoms with Gasteiger partial charge in [-0.3, -0.25) is 4.99 Å². The summed E-state index contributed by atoms with van der Waals surface area (Å²) in [5.41, 5.74) is 6.08. The Balaban J connectivity index is 1.44. The van der Waals surface area contributed by atoms with E-state index in [2.05, 4.69) is 56.5 Å². The molecule has 2 N–H and O–H groups in total. The summed E-state index contributed by atoms with van der Waals surface area (Å²) in [6.07, 6.45) is 3.39. The van der Waals surface area contributed by atoms with Crippen LogP contribution in [0.4, 0.5) is 0 Å². The van der Waals surface area contributed by atoms with Crippen LogP contribution in [-0.4, -0.2) is 27.8 Å². The third kappa shape index (κ3) is 3.80. The van der Waals surface area contributed by atoms with E-state index in [-0.39, 0.29) is 0 Å². The van der Waals surface area contributed by atoms with Gasteiger partial charge in [0.1, 0.15) is 5.01 Å². The van der Waals surface area contributed by atoms with Crippen LogP contribution < -0.4 is 10.6 Å². The van der Waals surface area contributed by atoms with Gasteiger partial charge in [0.05, 0.1) is 30.2 Å². The molecule has 0 saturated carbocycles. The predicted octanol–water partition coefficient (Wildman–Crippen LogP) is 3.30. The lowest BCUT2D eigenvalue weighted by Crippen LogP contribution is -2.36. The van der Waals surface area contributed by atoms with E-state index in [1.807, 2.05) is 13.0 Å². The average Bonchev–Trinajstić information content (AvgIpc) is 3.39. The number of rotatable bonds is 5. The van der Waals surface area contributed by atoms with Gasteiger partial charge < -0.3 is 10.6 Å². The van der Waals surface area contributed by atoms with E-state index in [0.29, 0.717) is 13.1 Å². The number of para-hydroxylation sites is 1. The summed E-state index contributed by atoms with van der Waals surface area (Å²) >= 11 is 1.73. The highest BCUT2D eigenvalue weighted by molar-refractivity contribution is 7.11. The number of guanidine groups is 1. The fourth-order valence-corrected chi connectivity index (χ4v) is 4.47. The van der Waals surface area contributed by atoms with Gasteiger partial charge in [0.2, 0.25) is 0 Å². The number of aryl methyl sites for hydroxylation is 2. The van der Waals surface area contributed by atoms with Gasteiger partial charge in [-0.25, -0.2) is 9.67 Å². The standard InChI is InChI=1S/C21H26N6S/c1-14-15(2)28-20(25-14)13-24-21(22-3)23-12-18-17-10-7-11-19(17)27(26-18)16-8-5-4-6-9-16/h4-6,8-9H,7,10-13H2,1-3H3,(H2,22,23,24). The fourth-order valence-electron chi connectivity index (χ4n) is 3.60. The lowest BCUT2D eigenvalue weighted by Gasteiger charge is -2.10. The summed E-state index contributed by atoms with van der Waals surface area (Å²) < 4.78 is 2.11. The zero-order valence-electron chi connectivity index (χ0n) is 16.6. The molecule has 0 unspecified atom stereocenters. The van der Waals surface area contributed by atoms with Crippen molar-refractivity contribution in [3.63, 3.8) is 0 Å². The van der Waals surface area contributed by atoms with Crippen LogP contribution in [0.15, 0.2) is 35.3 Å². The normalized spacial score (nSPS) is 13.6. The molecular formula is C21H26N6S. The summed E-state index contributed by atoms with van der Waals surface area (Å²) in [5, 5.41) is 12.7. The highest BCUT2D eigenvalue weighted by Crippen LogP contribution is 2.27. The number of benzene rings is 1. The van der Waals surface area contributed by atoms with E-state index in [1.165, 1.54) is 22.6 Å². The van der Waals surface area contributed by atoms with Crippen LogP contribution in [0, 0.1) is 13.8 Å². The van der Waals surface area contributed by atoms with Gasteiger partial charge >= 0.3 is 0 Å². The Kier molecular flexibility index (Phi) is 5.43. The van der Waals surface area contributed by atoms with Gasteiger partial charge in [0, 0.05) is 17.6 Å². The van der Waals surface area contributed by atoms with E-state index in [0.717, 1.165) is 40.9 Å². The number of aliphatic imine (C=N–C) groups is 1. The maximum atomic E-state index is 4.90. The number of fused-ring (bicyclic) bond motifs is 1. The number of hydrogen-bond donors (Lipinski definition) is 2. The van der Waals surface area contributed by atoms with E-state index >= 15 is 0 Å². The highest BCUT2D eigenvalue weighted by atomic mass is 32.1. The van der Waals surface area contributed by atoms with Crippen LogP contribution in [0.2, 0.25) is 0 Å². The molecule has 1 aliphatic carbocycles. The second kappa shape index (κ2) is 8.14. The topological polar surface area (TPSA) is 67.1 Å². The molecular weight excluding hydrogens is 368 g/mol. The number of hydrogen-bond acceptors (Lipinski definition) is 4. The summed E-state index contributed by atoms with van der Waals surface area (Å²) in [5.74, 6) is 0.770. The first-order valence-electron chi connectivity index (χ1n) is 9.68. The summed E-state index contributed by atoms with van der Waals surface area (Å²) in [7, 11) is 1.79. The minimum Gasteiger partial charge on any atom is -0.351 e. The van der Waals surface area contributed by atoms with Crippen molar-refractivity contribution in [2.75, 3.05) is 7.05 Å². The molecule has 0 atom stereocenters. The zero-order valence-corrected chi connectivity index (χ0v) is 17.4. The van der Waals surface area contributed by atoms with Gasteiger partial charge in [0.15, 0.2) is 5.96 Å². The second-order valence-electron chi connectivity index (χ2n) is 7.00. The van der Waals surface area contributed by atoms with Crippen molar-refractivity contribution < 1.29 is 0 Å². The molecule has 0 spiro atoms. The zero-order chi connectivity index (χ0) is 19.5. The molecule has 4 rings (SSSR count). The average molecular weight is 395 g/mol. The molecule has 0 fully saturated rings. The smallest absolute Gasteiger partial charge is 0.191 e. The maximum absolute atomic E-state index is 4.90. The third-order valence-corrected chi connectivity index (χ3v) is 6.21. The van der Waals surface area contributed by atoms with Crippen LogP contribution in [0.5, 0.6) is 0 Å². The van der Waals surface area contributed by atoms with Gasteiger partial charge in [0.25, 0.3) is 0 Å². The van der Waals surface area contributed by atoms with Gasteiger partial charge in [-0.05, 0) is 50.8 Å². The fraction of sp³-hybridized carbons (Fsp3) is 0.381. The van der Waals surface area contributed by atoms with Gasteiger partial charge in [-0.15, -0.1) is 11.3 Å². The quantitative estimate of drug-likeness (QED) is 0.515. The predicted molar refractivity (Wildman–Crippen MR) is 114 cm³/mol. The molecule has 2 heterocycles. The van der Waals surface area contributed by atoms with Crippen molar-refractivity contribution in [2.24, 2.45) is 4.99 Å². The Bertz CT molecular complexity index is 966. The monoisotopic (exact) mass is 394 g/mol. The molecule has 1 aliphatic rings. The van der Waals surface area contributed by atoms with Crippen molar-refractivity contribution in [2.45, 2.75) is 46.2 Å². The Morgan fingerprint density at radius 3 is 2.64 bits per heavy atom. The first-order chi connectivity index (χ1) is 13.7. The SMILES string of the molecule is CN=C(NCc1nc(C)c(C)s1)NCc1nn(-c2ccccc2)c2c1CCC2. The summed E-state index contributed by atoms with van der Waals surface area (Å²) in [6.45, 7) is 5.49. The molecule has 1 aromatic carbocycles. The van der Waals surface area contributed by atoms with Crippen molar-refractivity contribution >= 4 is 17.3 Å². The Morgan fingerprint density at radius 1 is 1.14 bits per heavy atom. The number of thiazole rings is 1. The van der Waals surface area contributed by atoms with Gasteiger partial charge in [-0.2, -0.15) is 5.10 Å². The van der Waals surface area contributed by atoms with E-state index in [9.17, 15) is 0 Å². The molecule has 3 aromatic rings. The first kappa shape index (κ1) is 18.7. The molecule has 6 nitrogen and oxygen atoms in total. The minimum atomic E-state index is 0.664. The van der Waals surface area contributed by atoms with Crippen molar-refractivity contribution in [1.82, 2.24) is 25.4 Å². The van der Waals surface area contributed by atoms with Crippen LogP contribution in [0.1, 0.15) is 39.0 Å². The molecule has 28 heavy (non-hydrogen) atoms. The van der Waals surface area contributed by atoms with E-state index in [1.54, 1.807) is 18.4 Å². The maximum Gasteiger partial charge on any atom is 0.191 e. The Morgan fingerprint density at radius 2 is 1.93 bits per heavy atom. The number of nitrogens with zero attached hydrogens (tertiary/aromatic N) is 4. The Hall–Kier alpha value is -2.67. The molecule has 146 valence electrons. The second-order valence-corrected chi connectivity index (χ2v) is 8.29. The lowest BCUT2D eigenvalue weighted by atomic mass is 10.2. The number of aromatic nitrogens is 3. The van der Waals surface area contributed by atoms with Crippen LogP contribution in [0.3, 0.4) is 0 Å². The van der Waals surface area contributed by atoms with Crippen LogP contribution in [-0.2, 0) is 25.9 Å².